The zero-order valence-corrected chi connectivity index (χ0v) is 16.0. The van der Waals surface area contributed by atoms with E-state index in [9.17, 15) is 18.0 Å². The Morgan fingerprint density at radius 1 is 1.30 bits per heavy atom. The molecule has 30 heavy (non-hydrogen) atoms. The summed E-state index contributed by atoms with van der Waals surface area (Å²) in [5.74, 6) is 0.231. The van der Waals surface area contributed by atoms with Gasteiger partial charge in [0.25, 0.3) is 11.8 Å². The SMILES string of the molecule is Cn1nccc1C(=O)N1CCO[C@H](c2nc(Cc3cccc(C(F)(F)F)c3)no2)C1. The molecule has 1 fully saturated rings. The van der Waals surface area contributed by atoms with Crippen molar-refractivity contribution in [2.75, 3.05) is 19.7 Å². The highest BCUT2D eigenvalue weighted by Crippen LogP contribution is 2.30. The summed E-state index contributed by atoms with van der Waals surface area (Å²) in [5, 5.41) is 7.85. The first-order valence-corrected chi connectivity index (χ1v) is 9.19. The molecule has 3 heterocycles. The van der Waals surface area contributed by atoms with E-state index < -0.39 is 17.8 Å². The Morgan fingerprint density at radius 3 is 2.87 bits per heavy atom. The third-order valence-corrected chi connectivity index (χ3v) is 4.77. The van der Waals surface area contributed by atoms with E-state index in [1.54, 1.807) is 30.3 Å². The van der Waals surface area contributed by atoms with Crippen LogP contribution in [0.3, 0.4) is 0 Å². The van der Waals surface area contributed by atoms with E-state index in [2.05, 4.69) is 15.2 Å². The molecule has 3 aromatic rings. The lowest BCUT2D eigenvalue weighted by atomic mass is 10.1. The summed E-state index contributed by atoms with van der Waals surface area (Å²) in [7, 11) is 1.68. The number of benzene rings is 1. The Morgan fingerprint density at radius 2 is 2.13 bits per heavy atom. The first-order chi connectivity index (χ1) is 14.3. The van der Waals surface area contributed by atoms with Crippen molar-refractivity contribution in [1.82, 2.24) is 24.8 Å². The molecule has 2 aromatic heterocycles. The predicted molar refractivity (Wildman–Crippen MR) is 96.4 cm³/mol. The average Bonchev–Trinajstić information content (AvgIpc) is 3.36. The molecule has 8 nitrogen and oxygen atoms in total. The molecule has 1 saturated heterocycles. The molecule has 1 aliphatic heterocycles. The van der Waals surface area contributed by atoms with E-state index in [0.29, 0.717) is 24.4 Å². The van der Waals surface area contributed by atoms with Gasteiger partial charge in [-0.05, 0) is 17.7 Å². The lowest BCUT2D eigenvalue weighted by Gasteiger charge is -2.31. The smallest absolute Gasteiger partial charge is 0.365 e. The summed E-state index contributed by atoms with van der Waals surface area (Å²) in [4.78, 5) is 18.5. The molecule has 1 atom stereocenters. The van der Waals surface area contributed by atoms with Crippen LogP contribution in [0.15, 0.2) is 41.1 Å². The van der Waals surface area contributed by atoms with Crippen LogP contribution >= 0.6 is 0 Å². The predicted octanol–water partition coefficient (Wildman–Crippen LogP) is 2.63. The van der Waals surface area contributed by atoms with Crippen molar-refractivity contribution in [1.29, 1.82) is 0 Å². The second kappa shape index (κ2) is 7.90. The highest BCUT2D eigenvalue weighted by Gasteiger charge is 2.32. The van der Waals surface area contributed by atoms with Gasteiger partial charge in [-0.1, -0.05) is 23.4 Å². The number of hydrogen-bond donors (Lipinski definition) is 0. The normalized spacial score (nSPS) is 17.3. The summed E-state index contributed by atoms with van der Waals surface area (Å²) in [6.07, 6.45) is -3.40. The maximum atomic E-state index is 12.9. The third-order valence-electron chi connectivity index (χ3n) is 4.77. The molecule has 0 bridgehead atoms. The van der Waals surface area contributed by atoms with Gasteiger partial charge in [0, 0.05) is 26.2 Å². The van der Waals surface area contributed by atoms with Crippen LogP contribution in [-0.2, 0) is 24.4 Å². The minimum Gasteiger partial charge on any atom is -0.365 e. The number of rotatable bonds is 4. The van der Waals surface area contributed by atoms with Crippen molar-refractivity contribution in [3.05, 3.63) is 65.1 Å². The van der Waals surface area contributed by atoms with Crippen LogP contribution in [0.4, 0.5) is 13.2 Å². The number of carbonyl (C=O) groups is 1. The van der Waals surface area contributed by atoms with Crippen LogP contribution in [0.1, 0.15) is 39.4 Å². The van der Waals surface area contributed by atoms with Gasteiger partial charge in [0.1, 0.15) is 5.69 Å². The molecular formula is C19H18F3N5O3. The fraction of sp³-hybridized carbons (Fsp3) is 0.368. The summed E-state index contributed by atoms with van der Waals surface area (Å²) < 4.78 is 51.0. The van der Waals surface area contributed by atoms with Crippen LogP contribution in [0.25, 0.3) is 0 Å². The van der Waals surface area contributed by atoms with Gasteiger partial charge in [0.2, 0.25) is 0 Å². The Kier molecular flexibility index (Phi) is 5.29. The quantitative estimate of drug-likeness (QED) is 0.644. The Balaban J connectivity index is 1.45. The highest BCUT2D eigenvalue weighted by atomic mass is 19.4. The van der Waals surface area contributed by atoms with Gasteiger partial charge in [-0.2, -0.15) is 23.3 Å². The van der Waals surface area contributed by atoms with Crippen LogP contribution in [-0.4, -0.2) is 50.4 Å². The molecule has 1 aliphatic rings. The van der Waals surface area contributed by atoms with Crippen LogP contribution in [0.2, 0.25) is 0 Å². The molecule has 0 radical (unpaired) electrons. The summed E-state index contributed by atoms with van der Waals surface area (Å²) >= 11 is 0. The lowest BCUT2D eigenvalue weighted by molar-refractivity contribution is -0.137. The number of alkyl halides is 3. The molecule has 4 rings (SSSR count). The van der Waals surface area contributed by atoms with E-state index in [0.717, 1.165) is 12.1 Å². The van der Waals surface area contributed by atoms with Crippen LogP contribution in [0, 0.1) is 0 Å². The van der Waals surface area contributed by atoms with Gasteiger partial charge in [0.05, 0.1) is 18.7 Å². The van der Waals surface area contributed by atoms with Gasteiger partial charge in [-0.3, -0.25) is 9.48 Å². The summed E-state index contributed by atoms with van der Waals surface area (Å²) in [6.45, 7) is 0.917. The van der Waals surface area contributed by atoms with Crippen molar-refractivity contribution in [2.45, 2.75) is 18.7 Å². The summed E-state index contributed by atoms with van der Waals surface area (Å²) in [5.41, 5.74) is 0.129. The van der Waals surface area contributed by atoms with Gasteiger partial charge in [-0.25, -0.2) is 0 Å². The van der Waals surface area contributed by atoms with E-state index in [1.165, 1.54) is 10.7 Å². The number of amides is 1. The first kappa shape index (κ1) is 20.1. The van der Waals surface area contributed by atoms with E-state index in [1.807, 2.05) is 0 Å². The maximum Gasteiger partial charge on any atom is 0.416 e. The molecule has 1 amide bonds. The number of aryl methyl sites for hydroxylation is 1. The lowest BCUT2D eigenvalue weighted by Crippen LogP contribution is -2.43. The van der Waals surface area contributed by atoms with Crippen molar-refractivity contribution in [3.8, 4) is 0 Å². The zero-order valence-electron chi connectivity index (χ0n) is 16.0. The molecule has 0 saturated carbocycles. The maximum absolute atomic E-state index is 12.9. The number of carbonyl (C=O) groups excluding carboxylic acids is 1. The van der Waals surface area contributed by atoms with Crippen molar-refractivity contribution in [2.24, 2.45) is 7.05 Å². The largest absolute Gasteiger partial charge is 0.416 e. The highest BCUT2D eigenvalue weighted by molar-refractivity contribution is 5.92. The number of ether oxygens (including phenoxy) is 1. The third kappa shape index (κ3) is 4.20. The van der Waals surface area contributed by atoms with Crippen molar-refractivity contribution >= 4 is 5.91 Å². The fourth-order valence-electron chi connectivity index (χ4n) is 3.24. The second-order valence-corrected chi connectivity index (χ2v) is 6.87. The standard InChI is InChI=1S/C19H18F3N5O3/c1-26-14(5-6-23-26)18(28)27-7-8-29-15(11-27)17-24-16(25-30-17)10-12-3-2-4-13(9-12)19(20,21)22/h2-6,9,15H,7-8,10-11H2,1H3/t15-/m0/s1. The Hall–Kier alpha value is -3.21. The first-order valence-electron chi connectivity index (χ1n) is 9.19. The molecule has 158 valence electrons. The molecule has 11 heteroatoms. The number of nitrogens with zero attached hydrogens (tertiary/aromatic N) is 5. The Labute approximate surface area is 169 Å². The van der Waals surface area contributed by atoms with Gasteiger partial charge >= 0.3 is 6.18 Å². The topological polar surface area (TPSA) is 86.3 Å². The number of hydrogen-bond acceptors (Lipinski definition) is 6. The number of morpholine rings is 1. The minimum atomic E-state index is -4.42. The van der Waals surface area contributed by atoms with E-state index >= 15 is 0 Å². The van der Waals surface area contributed by atoms with E-state index in [4.69, 9.17) is 9.26 Å². The molecule has 1 aromatic carbocycles. The van der Waals surface area contributed by atoms with E-state index in [-0.39, 0.29) is 30.6 Å². The zero-order chi connectivity index (χ0) is 21.3. The van der Waals surface area contributed by atoms with Crippen LogP contribution < -0.4 is 0 Å². The monoisotopic (exact) mass is 421 g/mol. The molecule has 0 spiro atoms. The van der Waals surface area contributed by atoms with Gasteiger partial charge in [0.15, 0.2) is 11.9 Å². The average molecular weight is 421 g/mol. The number of aromatic nitrogens is 4. The van der Waals surface area contributed by atoms with Crippen LogP contribution in [0.5, 0.6) is 0 Å². The van der Waals surface area contributed by atoms with Crippen molar-refractivity contribution in [3.63, 3.8) is 0 Å². The molecule has 0 unspecified atom stereocenters. The minimum absolute atomic E-state index is 0.0812. The molecule has 0 N–H and O–H groups in total. The Bertz CT molecular complexity index is 1050. The van der Waals surface area contributed by atoms with Gasteiger partial charge in [-0.15, -0.1) is 0 Å². The molecular weight excluding hydrogens is 403 g/mol. The molecule has 0 aliphatic carbocycles. The number of halogens is 3. The van der Waals surface area contributed by atoms with Crippen molar-refractivity contribution < 1.29 is 27.2 Å². The second-order valence-electron chi connectivity index (χ2n) is 6.87. The van der Waals surface area contributed by atoms with Gasteiger partial charge < -0.3 is 14.2 Å². The summed E-state index contributed by atoms with van der Waals surface area (Å²) in [6, 6.07) is 6.60. The fourth-order valence-corrected chi connectivity index (χ4v) is 3.24.